The number of nitrogens with one attached hydrogen (secondary N) is 1. The molecule has 1 amide bonds. The number of aromatic amines is 1. The number of pyridine rings is 1. The molecule has 5 heteroatoms. The molecule has 0 spiro atoms. The SMILES string of the molecule is Cc1cccc(C(=O)N2CCCC(c3ncc(C)[nH]3)C2)n1. The molecule has 21 heavy (non-hydrogen) atoms. The molecule has 1 saturated heterocycles. The molecule has 1 atom stereocenters. The normalized spacial score (nSPS) is 18.8. The van der Waals surface area contributed by atoms with Crippen LogP contribution < -0.4 is 0 Å². The first-order valence-electron chi connectivity index (χ1n) is 7.38. The van der Waals surface area contributed by atoms with Crippen molar-refractivity contribution >= 4 is 5.91 Å². The van der Waals surface area contributed by atoms with Crippen molar-refractivity contribution in [2.75, 3.05) is 13.1 Å². The monoisotopic (exact) mass is 284 g/mol. The van der Waals surface area contributed by atoms with Crippen molar-refractivity contribution in [1.29, 1.82) is 0 Å². The van der Waals surface area contributed by atoms with Gasteiger partial charge in [0.1, 0.15) is 11.5 Å². The van der Waals surface area contributed by atoms with Gasteiger partial charge in [0.25, 0.3) is 5.91 Å². The second kappa shape index (κ2) is 5.68. The van der Waals surface area contributed by atoms with Gasteiger partial charge in [0.2, 0.25) is 0 Å². The third-order valence-corrected chi connectivity index (χ3v) is 3.93. The van der Waals surface area contributed by atoms with E-state index >= 15 is 0 Å². The number of aromatic nitrogens is 3. The van der Waals surface area contributed by atoms with Gasteiger partial charge in [-0.25, -0.2) is 9.97 Å². The van der Waals surface area contributed by atoms with Crippen LogP contribution in [-0.2, 0) is 0 Å². The number of carbonyl (C=O) groups is 1. The summed E-state index contributed by atoms with van der Waals surface area (Å²) in [5, 5.41) is 0. The Balaban J connectivity index is 1.75. The summed E-state index contributed by atoms with van der Waals surface area (Å²) in [5.74, 6) is 1.30. The van der Waals surface area contributed by atoms with Gasteiger partial charge in [-0.3, -0.25) is 4.79 Å². The van der Waals surface area contributed by atoms with Crippen molar-refractivity contribution in [3.8, 4) is 0 Å². The number of amides is 1. The zero-order valence-electron chi connectivity index (χ0n) is 12.5. The number of piperidine rings is 1. The largest absolute Gasteiger partial charge is 0.346 e. The number of H-pyrrole nitrogens is 1. The zero-order valence-corrected chi connectivity index (χ0v) is 12.5. The van der Waals surface area contributed by atoms with Crippen molar-refractivity contribution in [3.05, 3.63) is 47.3 Å². The van der Waals surface area contributed by atoms with Crippen LogP contribution in [0, 0.1) is 13.8 Å². The maximum Gasteiger partial charge on any atom is 0.272 e. The van der Waals surface area contributed by atoms with E-state index in [1.807, 2.05) is 37.1 Å². The lowest BCUT2D eigenvalue weighted by molar-refractivity contribution is 0.0698. The van der Waals surface area contributed by atoms with Crippen LogP contribution >= 0.6 is 0 Å². The van der Waals surface area contributed by atoms with Crippen LogP contribution in [-0.4, -0.2) is 38.8 Å². The van der Waals surface area contributed by atoms with E-state index in [2.05, 4.69) is 15.0 Å². The zero-order chi connectivity index (χ0) is 14.8. The minimum Gasteiger partial charge on any atom is -0.346 e. The van der Waals surface area contributed by atoms with Crippen molar-refractivity contribution in [1.82, 2.24) is 19.9 Å². The second-order valence-corrected chi connectivity index (χ2v) is 5.71. The first kappa shape index (κ1) is 13.8. The highest BCUT2D eigenvalue weighted by Crippen LogP contribution is 2.25. The highest BCUT2D eigenvalue weighted by Gasteiger charge is 2.27. The molecular weight excluding hydrogens is 264 g/mol. The van der Waals surface area contributed by atoms with Gasteiger partial charge in [-0.05, 0) is 38.8 Å². The third-order valence-electron chi connectivity index (χ3n) is 3.93. The van der Waals surface area contributed by atoms with Crippen LogP contribution in [0.4, 0.5) is 0 Å². The average molecular weight is 284 g/mol. The number of hydrogen-bond donors (Lipinski definition) is 1. The Morgan fingerprint density at radius 2 is 2.24 bits per heavy atom. The number of imidazole rings is 1. The molecule has 0 saturated carbocycles. The summed E-state index contributed by atoms with van der Waals surface area (Å²) in [4.78, 5) is 26.5. The van der Waals surface area contributed by atoms with E-state index in [1.165, 1.54) is 0 Å². The Morgan fingerprint density at radius 3 is 2.95 bits per heavy atom. The van der Waals surface area contributed by atoms with E-state index in [0.29, 0.717) is 18.2 Å². The molecule has 5 nitrogen and oxygen atoms in total. The number of aryl methyl sites for hydroxylation is 2. The van der Waals surface area contributed by atoms with E-state index < -0.39 is 0 Å². The molecule has 1 aliphatic heterocycles. The summed E-state index contributed by atoms with van der Waals surface area (Å²) >= 11 is 0. The molecule has 1 fully saturated rings. The molecule has 1 N–H and O–H groups in total. The Kier molecular flexibility index (Phi) is 3.73. The van der Waals surface area contributed by atoms with Gasteiger partial charge in [0.05, 0.1) is 0 Å². The summed E-state index contributed by atoms with van der Waals surface area (Å²) in [5.41, 5.74) is 2.47. The molecule has 1 aliphatic rings. The summed E-state index contributed by atoms with van der Waals surface area (Å²) in [6.45, 7) is 5.41. The second-order valence-electron chi connectivity index (χ2n) is 5.71. The Hall–Kier alpha value is -2.17. The number of carbonyl (C=O) groups excluding carboxylic acids is 1. The molecule has 0 radical (unpaired) electrons. The molecule has 110 valence electrons. The van der Waals surface area contributed by atoms with E-state index in [-0.39, 0.29) is 5.91 Å². The van der Waals surface area contributed by atoms with Crippen molar-refractivity contribution in [2.24, 2.45) is 0 Å². The Labute approximate surface area is 124 Å². The van der Waals surface area contributed by atoms with Crippen LogP contribution in [0.25, 0.3) is 0 Å². The molecule has 2 aromatic heterocycles. The predicted molar refractivity (Wildman–Crippen MR) is 80.2 cm³/mol. The van der Waals surface area contributed by atoms with Gasteiger partial charge in [0.15, 0.2) is 0 Å². The van der Waals surface area contributed by atoms with Gasteiger partial charge >= 0.3 is 0 Å². The maximum absolute atomic E-state index is 12.6. The molecule has 1 unspecified atom stereocenters. The smallest absolute Gasteiger partial charge is 0.272 e. The van der Waals surface area contributed by atoms with E-state index in [4.69, 9.17) is 0 Å². The number of nitrogens with zero attached hydrogens (tertiary/aromatic N) is 3. The minimum atomic E-state index is 0.0201. The topological polar surface area (TPSA) is 61.9 Å². The summed E-state index contributed by atoms with van der Waals surface area (Å²) in [7, 11) is 0. The Morgan fingerprint density at radius 1 is 1.38 bits per heavy atom. The first-order chi connectivity index (χ1) is 10.1. The first-order valence-corrected chi connectivity index (χ1v) is 7.38. The molecule has 0 aliphatic carbocycles. The van der Waals surface area contributed by atoms with Crippen LogP contribution in [0.3, 0.4) is 0 Å². The van der Waals surface area contributed by atoms with Crippen molar-refractivity contribution in [2.45, 2.75) is 32.6 Å². The van der Waals surface area contributed by atoms with Gasteiger partial charge in [-0.1, -0.05) is 6.07 Å². The summed E-state index contributed by atoms with van der Waals surface area (Å²) in [6.07, 6.45) is 3.91. The maximum atomic E-state index is 12.6. The van der Waals surface area contributed by atoms with Gasteiger partial charge in [-0.2, -0.15) is 0 Å². The lowest BCUT2D eigenvalue weighted by Crippen LogP contribution is -2.39. The highest BCUT2D eigenvalue weighted by molar-refractivity contribution is 5.92. The molecule has 3 heterocycles. The van der Waals surface area contributed by atoms with Crippen LogP contribution in [0.2, 0.25) is 0 Å². The van der Waals surface area contributed by atoms with Crippen LogP contribution in [0.5, 0.6) is 0 Å². The fourth-order valence-corrected chi connectivity index (χ4v) is 2.85. The van der Waals surface area contributed by atoms with E-state index in [9.17, 15) is 4.79 Å². The van der Waals surface area contributed by atoms with Gasteiger partial charge in [-0.15, -0.1) is 0 Å². The molecule has 3 rings (SSSR count). The molecule has 0 aromatic carbocycles. The quantitative estimate of drug-likeness (QED) is 0.921. The minimum absolute atomic E-state index is 0.0201. The van der Waals surface area contributed by atoms with Gasteiger partial charge in [0, 0.05) is 36.6 Å². The predicted octanol–water partition coefficient (Wildman–Crippen LogP) is 2.44. The van der Waals surface area contributed by atoms with Crippen molar-refractivity contribution < 1.29 is 4.79 Å². The van der Waals surface area contributed by atoms with Crippen LogP contribution in [0.1, 0.15) is 46.5 Å². The number of rotatable bonds is 2. The highest BCUT2D eigenvalue weighted by atomic mass is 16.2. The Bertz CT molecular complexity index is 649. The van der Waals surface area contributed by atoms with E-state index in [0.717, 1.165) is 36.6 Å². The fraction of sp³-hybridized carbons (Fsp3) is 0.438. The molecule has 2 aromatic rings. The van der Waals surface area contributed by atoms with Crippen LogP contribution in [0.15, 0.2) is 24.4 Å². The lowest BCUT2D eigenvalue weighted by Gasteiger charge is -2.31. The molecule has 0 bridgehead atoms. The van der Waals surface area contributed by atoms with Crippen molar-refractivity contribution in [3.63, 3.8) is 0 Å². The summed E-state index contributed by atoms with van der Waals surface area (Å²) in [6, 6.07) is 5.57. The van der Waals surface area contributed by atoms with E-state index in [1.54, 1.807) is 6.07 Å². The standard InChI is InChI=1S/C16H20N4O/c1-11-5-3-7-14(18-11)16(21)20-8-4-6-13(10-20)15-17-9-12(2)19-15/h3,5,7,9,13H,4,6,8,10H2,1-2H3,(H,17,19). The lowest BCUT2D eigenvalue weighted by atomic mass is 9.97. The number of hydrogen-bond acceptors (Lipinski definition) is 3. The third kappa shape index (κ3) is 2.96. The summed E-state index contributed by atoms with van der Waals surface area (Å²) < 4.78 is 0. The fourth-order valence-electron chi connectivity index (χ4n) is 2.85. The average Bonchev–Trinajstić information content (AvgIpc) is 2.93. The van der Waals surface area contributed by atoms with Gasteiger partial charge < -0.3 is 9.88 Å². The number of likely N-dealkylation sites (tertiary alicyclic amines) is 1. The molecular formula is C16H20N4O.